The zero-order chi connectivity index (χ0) is 18.8. The Kier molecular flexibility index (Phi) is 5.15. The number of amides is 2. The van der Waals surface area contributed by atoms with Gasteiger partial charge >= 0.3 is 6.03 Å². The number of aryl methyl sites for hydroxylation is 1. The van der Waals surface area contributed by atoms with Crippen molar-refractivity contribution < 1.29 is 22.4 Å². The number of carbonyl (C=O) groups excluding carboxylic acids is 1. The highest BCUT2D eigenvalue weighted by atomic mass is 19.1. The summed E-state index contributed by atoms with van der Waals surface area (Å²) in [5, 5.41) is 2.17. The maximum absolute atomic E-state index is 13.7. The number of nitrogens with one attached hydrogen (secondary N) is 1. The average molecular weight is 366 g/mol. The second-order valence-electron chi connectivity index (χ2n) is 6.44. The van der Waals surface area contributed by atoms with Crippen LogP contribution in [0.5, 0.6) is 0 Å². The lowest BCUT2D eigenvalue weighted by atomic mass is 9.87. The Morgan fingerprint density at radius 1 is 1.00 bits per heavy atom. The van der Waals surface area contributed by atoms with Crippen molar-refractivity contribution in [2.45, 2.75) is 25.7 Å². The van der Waals surface area contributed by atoms with E-state index in [0.29, 0.717) is 38.1 Å². The van der Waals surface area contributed by atoms with Crippen LogP contribution in [0.4, 0.5) is 28.0 Å². The summed E-state index contributed by atoms with van der Waals surface area (Å²) in [6.07, 6.45) is 1.32. The summed E-state index contributed by atoms with van der Waals surface area (Å²) in [5.41, 5.74) is 1.25. The van der Waals surface area contributed by atoms with Gasteiger partial charge in [0.1, 0.15) is 17.3 Å². The van der Waals surface area contributed by atoms with E-state index >= 15 is 0 Å². The molecule has 2 amide bonds. The number of anilines is 1. The molecule has 0 spiro atoms. The van der Waals surface area contributed by atoms with Gasteiger partial charge in [0.2, 0.25) is 0 Å². The number of carbonyl (C=O) groups is 1. The number of rotatable bonds is 2. The number of benzene rings is 2. The predicted octanol–water partition coefficient (Wildman–Crippen LogP) is 4.96. The third kappa shape index (κ3) is 3.81. The number of urea groups is 1. The Hall–Kier alpha value is -2.57. The van der Waals surface area contributed by atoms with Gasteiger partial charge in [-0.15, -0.1) is 0 Å². The molecule has 0 aromatic heterocycles. The van der Waals surface area contributed by atoms with Crippen LogP contribution in [0, 0.1) is 30.2 Å². The standard InChI is InChI=1S/C19H18F4N2O/c1-11-8-13(20)2-3-15(11)12-4-6-25(7-5-12)19(26)24-18-16(22)9-14(21)10-17(18)23/h2-3,8-10,12H,4-7H2,1H3,(H,24,26). The summed E-state index contributed by atoms with van der Waals surface area (Å²) in [7, 11) is 0. The maximum Gasteiger partial charge on any atom is 0.322 e. The van der Waals surface area contributed by atoms with E-state index in [1.807, 2.05) is 6.92 Å². The molecule has 138 valence electrons. The first-order valence-corrected chi connectivity index (χ1v) is 8.31. The highest BCUT2D eigenvalue weighted by Gasteiger charge is 2.26. The maximum atomic E-state index is 13.7. The molecule has 26 heavy (non-hydrogen) atoms. The van der Waals surface area contributed by atoms with Gasteiger partial charge in [-0.2, -0.15) is 0 Å². The van der Waals surface area contributed by atoms with Crippen LogP contribution in [-0.2, 0) is 0 Å². The monoisotopic (exact) mass is 366 g/mol. The molecule has 3 rings (SSSR count). The van der Waals surface area contributed by atoms with E-state index in [0.717, 1.165) is 11.1 Å². The molecule has 1 fully saturated rings. The van der Waals surface area contributed by atoms with Gasteiger partial charge in [0.25, 0.3) is 0 Å². The molecule has 1 aliphatic rings. The van der Waals surface area contributed by atoms with Gasteiger partial charge in [0.15, 0.2) is 11.6 Å². The Labute approximate surface area is 148 Å². The van der Waals surface area contributed by atoms with Crippen LogP contribution in [0.3, 0.4) is 0 Å². The first-order valence-electron chi connectivity index (χ1n) is 8.31. The molecule has 0 atom stereocenters. The molecule has 0 saturated carbocycles. The van der Waals surface area contributed by atoms with Gasteiger partial charge < -0.3 is 10.2 Å². The van der Waals surface area contributed by atoms with Gasteiger partial charge in [0, 0.05) is 25.2 Å². The van der Waals surface area contributed by atoms with Crippen LogP contribution < -0.4 is 5.32 Å². The number of hydrogen-bond acceptors (Lipinski definition) is 1. The van der Waals surface area contributed by atoms with Crippen molar-refractivity contribution in [3.05, 3.63) is 64.7 Å². The fraction of sp³-hybridized carbons (Fsp3) is 0.316. The number of likely N-dealkylation sites (tertiary alicyclic amines) is 1. The number of hydrogen-bond donors (Lipinski definition) is 1. The molecule has 2 aromatic carbocycles. The van der Waals surface area contributed by atoms with Crippen LogP contribution in [-0.4, -0.2) is 24.0 Å². The molecule has 1 N–H and O–H groups in total. The van der Waals surface area contributed by atoms with Crippen LogP contribution in [0.2, 0.25) is 0 Å². The minimum absolute atomic E-state index is 0.193. The molecule has 0 radical (unpaired) electrons. The molecule has 3 nitrogen and oxygen atoms in total. The molecule has 1 saturated heterocycles. The van der Waals surface area contributed by atoms with E-state index in [-0.39, 0.29) is 11.7 Å². The highest BCUT2D eigenvalue weighted by Crippen LogP contribution is 2.31. The summed E-state index contributed by atoms with van der Waals surface area (Å²) in [6.45, 7) is 2.65. The van der Waals surface area contributed by atoms with Crippen molar-refractivity contribution in [2.24, 2.45) is 0 Å². The smallest absolute Gasteiger partial charge is 0.322 e. The Morgan fingerprint density at radius 3 is 2.19 bits per heavy atom. The zero-order valence-electron chi connectivity index (χ0n) is 14.2. The van der Waals surface area contributed by atoms with E-state index in [2.05, 4.69) is 5.32 Å². The summed E-state index contributed by atoms with van der Waals surface area (Å²) >= 11 is 0. The first kappa shape index (κ1) is 18.2. The molecule has 2 aromatic rings. The lowest BCUT2D eigenvalue weighted by Gasteiger charge is -2.33. The molecule has 7 heteroatoms. The Balaban J connectivity index is 1.64. The second kappa shape index (κ2) is 7.35. The average Bonchev–Trinajstić information content (AvgIpc) is 2.58. The van der Waals surface area contributed by atoms with Crippen molar-refractivity contribution in [1.82, 2.24) is 4.90 Å². The third-order valence-electron chi connectivity index (χ3n) is 4.69. The molecule has 1 aliphatic heterocycles. The summed E-state index contributed by atoms with van der Waals surface area (Å²) in [6, 6.07) is 5.05. The van der Waals surface area contributed by atoms with E-state index in [1.54, 1.807) is 6.07 Å². The first-order chi connectivity index (χ1) is 12.3. The lowest BCUT2D eigenvalue weighted by molar-refractivity contribution is 0.194. The van der Waals surface area contributed by atoms with E-state index in [4.69, 9.17) is 0 Å². The Morgan fingerprint density at radius 2 is 1.62 bits per heavy atom. The van der Waals surface area contributed by atoms with E-state index in [9.17, 15) is 22.4 Å². The van der Waals surface area contributed by atoms with Gasteiger partial charge in [0.05, 0.1) is 0 Å². The number of nitrogens with zero attached hydrogens (tertiary/aromatic N) is 1. The van der Waals surface area contributed by atoms with Crippen LogP contribution in [0.1, 0.15) is 29.9 Å². The normalized spacial score (nSPS) is 15.2. The fourth-order valence-electron chi connectivity index (χ4n) is 3.34. The molecular weight excluding hydrogens is 348 g/mol. The van der Waals surface area contributed by atoms with E-state index < -0.39 is 29.2 Å². The quantitative estimate of drug-likeness (QED) is 0.749. The van der Waals surface area contributed by atoms with Crippen LogP contribution in [0.25, 0.3) is 0 Å². The lowest BCUT2D eigenvalue weighted by Crippen LogP contribution is -2.41. The van der Waals surface area contributed by atoms with Crippen molar-refractivity contribution in [1.29, 1.82) is 0 Å². The third-order valence-corrected chi connectivity index (χ3v) is 4.69. The molecule has 0 bridgehead atoms. The van der Waals surface area contributed by atoms with Gasteiger partial charge in [-0.05, 0) is 48.9 Å². The SMILES string of the molecule is Cc1cc(F)ccc1C1CCN(C(=O)Nc2c(F)cc(F)cc2F)CC1. The Bertz CT molecular complexity index is 809. The minimum atomic E-state index is -1.16. The van der Waals surface area contributed by atoms with E-state index in [1.165, 1.54) is 17.0 Å². The van der Waals surface area contributed by atoms with Gasteiger partial charge in [-0.3, -0.25) is 0 Å². The minimum Gasteiger partial charge on any atom is -0.324 e. The van der Waals surface area contributed by atoms with Crippen molar-refractivity contribution in [2.75, 3.05) is 18.4 Å². The molecule has 0 aliphatic carbocycles. The number of piperidine rings is 1. The largest absolute Gasteiger partial charge is 0.324 e. The van der Waals surface area contributed by atoms with Crippen molar-refractivity contribution >= 4 is 11.7 Å². The highest BCUT2D eigenvalue weighted by molar-refractivity contribution is 5.89. The van der Waals surface area contributed by atoms with Gasteiger partial charge in [-0.25, -0.2) is 22.4 Å². The summed E-state index contributed by atoms with van der Waals surface area (Å²) in [4.78, 5) is 13.7. The second-order valence-corrected chi connectivity index (χ2v) is 6.44. The molecular formula is C19H18F4N2O. The molecule has 0 unspecified atom stereocenters. The summed E-state index contributed by atoms with van der Waals surface area (Å²) in [5.74, 6) is -3.46. The molecule has 1 heterocycles. The van der Waals surface area contributed by atoms with Crippen LogP contribution in [0.15, 0.2) is 30.3 Å². The summed E-state index contributed by atoms with van der Waals surface area (Å²) < 4.78 is 53.5. The van der Waals surface area contributed by atoms with Crippen LogP contribution >= 0.6 is 0 Å². The fourth-order valence-corrected chi connectivity index (χ4v) is 3.34. The number of halogens is 4. The van der Waals surface area contributed by atoms with Gasteiger partial charge in [-0.1, -0.05) is 6.07 Å². The van der Waals surface area contributed by atoms with Crippen molar-refractivity contribution in [3.63, 3.8) is 0 Å². The topological polar surface area (TPSA) is 32.3 Å². The van der Waals surface area contributed by atoms with Crippen molar-refractivity contribution in [3.8, 4) is 0 Å². The predicted molar refractivity (Wildman–Crippen MR) is 90.0 cm³/mol. The zero-order valence-corrected chi connectivity index (χ0v) is 14.2.